The Hall–Kier alpha value is 0.210. The molecule has 1 unspecified atom stereocenters. The lowest BCUT2D eigenvalue weighted by atomic mass is 10.1. The summed E-state index contributed by atoms with van der Waals surface area (Å²) in [6, 6.07) is 0. The number of hydrogen-bond donors (Lipinski definition) is 0. The van der Waals surface area contributed by atoms with Crippen molar-refractivity contribution in [3.05, 3.63) is 0 Å². The molecule has 0 amide bonds. The van der Waals surface area contributed by atoms with Crippen molar-refractivity contribution in [2.45, 2.75) is 77.2 Å². The molecular weight excluding hydrogens is 270 g/mol. The van der Waals surface area contributed by atoms with Gasteiger partial charge in [0.2, 0.25) is 0 Å². The van der Waals surface area contributed by atoms with Gasteiger partial charge in [-0.05, 0) is 25.7 Å². The van der Waals surface area contributed by atoms with Crippen molar-refractivity contribution in [2.24, 2.45) is 0 Å². The molecule has 1 aliphatic heterocycles. The molecule has 122 valence electrons. The van der Waals surface area contributed by atoms with Crippen LogP contribution in [-0.2, 0) is 4.74 Å². The lowest BCUT2D eigenvalue weighted by molar-refractivity contribution is -0.890. The molecule has 0 bridgehead atoms. The third-order valence-electron chi connectivity index (χ3n) is 4.27. The molecule has 0 spiro atoms. The number of hydrogen-bond acceptors (Lipinski definition) is 1. The number of unbranched alkanes of at least 4 members (excludes halogenated alkanes) is 7. The summed E-state index contributed by atoms with van der Waals surface area (Å²) in [4.78, 5) is 0. The Morgan fingerprint density at radius 1 is 0.850 bits per heavy atom. The van der Waals surface area contributed by atoms with Gasteiger partial charge >= 0.3 is 0 Å². The number of quaternary nitrogens is 1. The molecule has 2 nitrogen and oxygen atoms in total. The van der Waals surface area contributed by atoms with Crippen LogP contribution < -0.4 is 12.4 Å². The van der Waals surface area contributed by atoms with Gasteiger partial charge in [0, 0.05) is 0 Å². The van der Waals surface area contributed by atoms with Gasteiger partial charge in [0.05, 0.1) is 39.9 Å². The zero-order valence-corrected chi connectivity index (χ0v) is 14.8. The molecule has 1 atom stereocenters. The van der Waals surface area contributed by atoms with Crippen LogP contribution in [0.3, 0.4) is 0 Å². The quantitative estimate of drug-likeness (QED) is 0.285. The molecule has 20 heavy (non-hydrogen) atoms. The van der Waals surface area contributed by atoms with Crippen LogP contribution in [0.2, 0.25) is 0 Å². The summed E-state index contributed by atoms with van der Waals surface area (Å²) in [5, 5.41) is 0. The second-order valence-electron chi connectivity index (χ2n) is 6.96. The Kier molecular flexibility index (Phi) is 11.9. The van der Waals surface area contributed by atoms with E-state index in [1.54, 1.807) is 0 Å². The number of nitrogens with zero attached hydrogens (tertiary/aromatic N) is 1. The van der Waals surface area contributed by atoms with Crippen molar-refractivity contribution in [3.8, 4) is 0 Å². The Balaban J connectivity index is 0.00000361. The summed E-state index contributed by atoms with van der Waals surface area (Å²) in [6.45, 7) is 6.00. The Morgan fingerprint density at radius 2 is 1.35 bits per heavy atom. The highest BCUT2D eigenvalue weighted by Gasteiger charge is 2.20. The van der Waals surface area contributed by atoms with Crippen LogP contribution >= 0.6 is 0 Å². The van der Waals surface area contributed by atoms with Crippen molar-refractivity contribution in [1.82, 2.24) is 0 Å². The minimum atomic E-state index is 0. The van der Waals surface area contributed by atoms with Crippen molar-refractivity contribution >= 4 is 0 Å². The fourth-order valence-corrected chi connectivity index (χ4v) is 2.92. The second kappa shape index (κ2) is 11.8. The molecular formula is C17H36ClNO. The van der Waals surface area contributed by atoms with E-state index in [4.69, 9.17) is 4.74 Å². The summed E-state index contributed by atoms with van der Waals surface area (Å²) in [5.74, 6) is 0. The van der Waals surface area contributed by atoms with Gasteiger partial charge in [0.25, 0.3) is 0 Å². The van der Waals surface area contributed by atoms with Gasteiger partial charge in [0.15, 0.2) is 0 Å². The van der Waals surface area contributed by atoms with Crippen LogP contribution in [0.4, 0.5) is 0 Å². The average Bonchev–Trinajstić information content (AvgIpc) is 3.15. The highest BCUT2D eigenvalue weighted by Crippen LogP contribution is 2.18. The highest BCUT2D eigenvalue weighted by atomic mass is 35.5. The van der Waals surface area contributed by atoms with Crippen LogP contribution in [0.15, 0.2) is 0 Å². The summed E-state index contributed by atoms with van der Waals surface area (Å²) in [5.41, 5.74) is 0. The largest absolute Gasteiger partial charge is 1.00 e. The van der Waals surface area contributed by atoms with Gasteiger partial charge in [-0.1, -0.05) is 45.4 Å². The van der Waals surface area contributed by atoms with Gasteiger partial charge in [-0.25, -0.2) is 0 Å². The first-order valence-corrected chi connectivity index (χ1v) is 8.57. The van der Waals surface area contributed by atoms with E-state index in [0.29, 0.717) is 6.10 Å². The van der Waals surface area contributed by atoms with E-state index < -0.39 is 0 Å². The van der Waals surface area contributed by atoms with Crippen molar-refractivity contribution in [1.29, 1.82) is 0 Å². The lowest BCUT2D eigenvalue weighted by Crippen LogP contribution is -3.00. The third kappa shape index (κ3) is 12.0. The summed E-state index contributed by atoms with van der Waals surface area (Å²) in [7, 11) is 4.74. The molecule has 1 rings (SSSR count). The lowest BCUT2D eigenvalue weighted by Gasteiger charge is -2.29. The third-order valence-corrected chi connectivity index (χ3v) is 4.27. The van der Waals surface area contributed by atoms with Gasteiger partial charge in [-0.15, -0.1) is 0 Å². The monoisotopic (exact) mass is 305 g/mol. The normalized spacial score (nSPS) is 17.9. The number of rotatable bonds is 13. The molecule has 0 aliphatic carbocycles. The fraction of sp³-hybridized carbons (Fsp3) is 1.00. The SMILES string of the molecule is CCC[N+](C)(C)CCCCCCCCCCC1CO1.[Cl-]. The van der Waals surface area contributed by atoms with E-state index in [-0.39, 0.29) is 12.4 Å². The summed E-state index contributed by atoms with van der Waals surface area (Å²) >= 11 is 0. The van der Waals surface area contributed by atoms with Gasteiger partial charge in [-0.3, -0.25) is 0 Å². The smallest absolute Gasteiger partial charge is 0.0810 e. The standard InChI is InChI=1S/C17H36NO.ClH/c1-4-14-18(2,3)15-12-10-8-6-5-7-9-11-13-17-16-19-17;/h17H,4-16H2,1-3H3;1H/q+1;/p-1. The topological polar surface area (TPSA) is 12.5 Å². The summed E-state index contributed by atoms with van der Waals surface area (Å²) in [6.07, 6.45) is 14.7. The second-order valence-corrected chi connectivity index (χ2v) is 6.96. The van der Waals surface area contributed by atoms with Crippen molar-refractivity contribution in [3.63, 3.8) is 0 Å². The molecule has 0 aromatic heterocycles. The molecule has 0 N–H and O–H groups in total. The minimum Gasteiger partial charge on any atom is -1.00 e. The van der Waals surface area contributed by atoms with Crippen LogP contribution in [0.1, 0.15) is 71.1 Å². The predicted octanol–water partition coefficient (Wildman–Crippen LogP) is 1.39. The van der Waals surface area contributed by atoms with E-state index in [0.717, 1.165) is 6.61 Å². The first kappa shape index (κ1) is 20.2. The number of epoxide rings is 1. The van der Waals surface area contributed by atoms with Gasteiger partial charge < -0.3 is 21.6 Å². The summed E-state index contributed by atoms with van der Waals surface area (Å²) < 4.78 is 6.43. The molecule has 0 aromatic rings. The first-order chi connectivity index (χ1) is 9.14. The Morgan fingerprint density at radius 3 is 1.85 bits per heavy atom. The molecule has 0 aromatic carbocycles. The maximum Gasteiger partial charge on any atom is 0.0810 e. The minimum absolute atomic E-state index is 0. The molecule has 1 fully saturated rings. The van der Waals surface area contributed by atoms with E-state index in [2.05, 4.69) is 21.0 Å². The van der Waals surface area contributed by atoms with E-state index in [1.807, 2.05) is 0 Å². The van der Waals surface area contributed by atoms with Crippen LogP contribution in [0.25, 0.3) is 0 Å². The van der Waals surface area contributed by atoms with Crippen LogP contribution in [0, 0.1) is 0 Å². The fourth-order valence-electron chi connectivity index (χ4n) is 2.92. The number of ether oxygens (including phenoxy) is 1. The van der Waals surface area contributed by atoms with Gasteiger partial charge in [-0.2, -0.15) is 0 Å². The zero-order chi connectivity index (χ0) is 14.0. The predicted molar refractivity (Wildman–Crippen MR) is 83.4 cm³/mol. The molecule has 0 radical (unpaired) electrons. The molecule has 3 heteroatoms. The Labute approximate surface area is 133 Å². The van der Waals surface area contributed by atoms with E-state index >= 15 is 0 Å². The maximum absolute atomic E-state index is 5.22. The van der Waals surface area contributed by atoms with Crippen LogP contribution in [-0.4, -0.2) is 44.4 Å². The maximum atomic E-state index is 5.22. The van der Waals surface area contributed by atoms with E-state index in [1.165, 1.54) is 81.8 Å². The number of halogens is 1. The molecule has 0 saturated carbocycles. The molecule has 1 heterocycles. The van der Waals surface area contributed by atoms with Crippen molar-refractivity contribution in [2.75, 3.05) is 33.8 Å². The molecule has 1 saturated heterocycles. The van der Waals surface area contributed by atoms with E-state index in [9.17, 15) is 0 Å². The zero-order valence-electron chi connectivity index (χ0n) is 14.0. The molecule has 1 aliphatic rings. The van der Waals surface area contributed by atoms with Crippen LogP contribution in [0.5, 0.6) is 0 Å². The first-order valence-electron chi connectivity index (χ1n) is 8.57. The average molecular weight is 306 g/mol. The Bertz CT molecular complexity index is 217. The van der Waals surface area contributed by atoms with Crippen molar-refractivity contribution < 1.29 is 21.6 Å². The van der Waals surface area contributed by atoms with Gasteiger partial charge in [0.1, 0.15) is 0 Å². The highest BCUT2D eigenvalue weighted by molar-refractivity contribution is 4.68.